The summed E-state index contributed by atoms with van der Waals surface area (Å²) in [6, 6.07) is 0.172. The molecule has 1 rings (SSSR count). The summed E-state index contributed by atoms with van der Waals surface area (Å²) < 4.78 is 22.0. The van der Waals surface area contributed by atoms with E-state index in [1.165, 1.54) is 0 Å². The van der Waals surface area contributed by atoms with Gasteiger partial charge in [0.2, 0.25) is 0 Å². The van der Waals surface area contributed by atoms with E-state index in [1.54, 1.807) is 0 Å². The fraction of sp³-hybridized carbons (Fsp3) is 0.750. The van der Waals surface area contributed by atoms with E-state index in [0.717, 1.165) is 13.0 Å². The number of nitrogens with one attached hydrogen (secondary N) is 1. The molecule has 12 heavy (non-hydrogen) atoms. The number of allylic oxidation sites excluding steroid dienone is 1. The third-order valence-corrected chi connectivity index (χ3v) is 3.76. The highest BCUT2D eigenvalue weighted by Gasteiger charge is 2.26. The largest absolute Gasteiger partial charge is 0.309 e. The third kappa shape index (κ3) is 2.95. The number of hydrogen-bond acceptors (Lipinski definition) is 3. The Morgan fingerprint density at radius 1 is 1.58 bits per heavy atom. The lowest BCUT2D eigenvalue weighted by Crippen LogP contribution is -2.29. The monoisotopic (exact) mass is 189 g/mol. The van der Waals surface area contributed by atoms with Gasteiger partial charge in [-0.2, -0.15) is 0 Å². The Hall–Kier alpha value is -0.350. The predicted molar refractivity (Wildman–Crippen MR) is 49.9 cm³/mol. The standard InChI is InChI=1S/C8H15NO2S/c1-2-3-5-9-8-4-6-12(10,11)7-8/h2-3,8-9H,4-7H2,1H3/b3-2+. The molecule has 0 spiro atoms. The molecule has 4 heteroatoms. The molecule has 1 N–H and O–H groups in total. The van der Waals surface area contributed by atoms with Gasteiger partial charge in [0.05, 0.1) is 11.5 Å². The Morgan fingerprint density at radius 2 is 2.33 bits per heavy atom. The minimum absolute atomic E-state index is 0.172. The molecule has 0 saturated carbocycles. The summed E-state index contributed by atoms with van der Waals surface area (Å²) in [4.78, 5) is 0. The summed E-state index contributed by atoms with van der Waals surface area (Å²) in [5, 5.41) is 3.17. The van der Waals surface area contributed by atoms with E-state index in [1.807, 2.05) is 19.1 Å². The van der Waals surface area contributed by atoms with E-state index in [2.05, 4.69) is 5.32 Å². The SMILES string of the molecule is C/C=C/CNC1CCS(=O)(=O)C1. The van der Waals surface area contributed by atoms with E-state index in [-0.39, 0.29) is 6.04 Å². The van der Waals surface area contributed by atoms with Gasteiger partial charge in [-0.25, -0.2) is 8.42 Å². The van der Waals surface area contributed by atoms with Crippen LogP contribution in [0.15, 0.2) is 12.2 Å². The van der Waals surface area contributed by atoms with Crippen LogP contribution in [0.25, 0.3) is 0 Å². The van der Waals surface area contributed by atoms with E-state index >= 15 is 0 Å². The topological polar surface area (TPSA) is 46.2 Å². The Morgan fingerprint density at radius 3 is 2.83 bits per heavy atom. The second-order valence-corrected chi connectivity index (χ2v) is 5.31. The van der Waals surface area contributed by atoms with E-state index < -0.39 is 9.84 Å². The fourth-order valence-electron chi connectivity index (χ4n) is 1.31. The van der Waals surface area contributed by atoms with Crippen LogP contribution < -0.4 is 5.32 Å². The van der Waals surface area contributed by atoms with Crippen LogP contribution in [0.1, 0.15) is 13.3 Å². The molecule has 70 valence electrons. The highest BCUT2D eigenvalue weighted by molar-refractivity contribution is 7.91. The van der Waals surface area contributed by atoms with Crippen LogP contribution in [-0.4, -0.2) is 32.5 Å². The Kier molecular flexibility index (Phi) is 3.29. The Balaban J connectivity index is 2.29. The fourth-order valence-corrected chi connectivity index (χ4v) is 3.02. The lowest BCUT2D eigenvalue weighted by Gasteiger charge is -2.06. The summed E-state index contributed by atoms with van der Waals surface area (Å²) in [6.07, 6.45) is 4.71. The maximum Gasteiger partial charge on any atom is 0.151 e. The second-order valence-electron chi connectivity index (χ2n) is 3.08. The van der Waals surface area contributed by atoms with Crippen LogP contribution >= 0.6 is 0 Å². The molecule has 1 saturated heterocycles. The van der Waals surface area contributed by atoms with Gasteiger partial charge >= 0.3 is 0 Å². The lowest BCUT2D eigenvalue weighted by molar-refractivity contribution is 0.584. The highest BCUT2D eigenvalue weighted by atomic mass is 32.2. The zero-order valence-electron chi connectivity index (χ0n) is 7.29. The summed E-state index contributed by atoms with van der Waals surface area (Å²) in [5.41, 5.74) is 0. The zero-order chi connectivity index (χ0) is 9.03. The molecular formula is C8H15NO2S. The summed E-state index contributed by atoms with van der Waals surface area (Å²) in [6.45, 7) is 2.73. The minimum Gasteiger partial charge on any atom is -0.309 e. The molecule has 1 aliphatic rings. The van der Waals surface area contributed by atoms with Gasteiger partial charge in [0.25, 0.3) is 0 Å². The predicted octanol–water partition coefficient (Wildman–Crippen LogP) is 0.339. The van der Waals surface area contributed by atoms with E-state index in [9.17, 15) is 8.42 Å². The summed E-state index contributed by atoms with van der Waals surface area (Å²) >= 11 is 0. The van der Waals surface area contributed by atoms with Crippen molar-refractivity contribution in [3.05, 3.63) is 12.2 Å². The first-order valence-electron chi connectivity index (χ1n) is 4.19. The van der Waals surface area contributed by atoms with Crippen molar-refractivity contribution in [1.29, 1.82) is 0 Å². The molecule has 0 amide bonds. The normalized spacial score (nSPS) is 28.2. The van der Waals surface area contributed by atoms with Gasteiger partial charge in [-0.1, -0.05) is 12.2 Å². The van der Waals surface area contributed by atoms with Gasteiger partial charge < -0.3 is 5.32 Å². The average molecular weight is 189 g/mol. The van der Waals surface area contributed by atoms with Crippen LogP contribution in [0.2, 0.25) is 0 Å². The first-order valence-corrected chi connectivity index (χ1v) is 6.01. The summed E-state index contributed by atoms with van der Waals surface area (Å²) in [7, 11) is -2.72. The molecule has 0 bridgehead atoms. The molecule has 0 aromatic heterocycles. The first-order chi connectivity index (χ1) is 5.64. The molecule has 1 heterocycles. The number of sulfone groups is 1. The second kappa shape index (κ2) is 4.05. The molecule has 1 unspecified atom stereocenters. The smallest absolute Gasteiger partial charge is 0.151 e. The minimum atomic E-state index is -2.72. The Labute approximate surface area is 73.8 Å². The van der Waals surface area contributed by atoms with E-state index in [0.29, 0.717) is 11.5 Å². The summed E-state index contributed by atoms with van der Waals surface area (Å²) in [5.74, 6) is 0.658. The van der Waals surface area contributed by atoms with Crippen LogP contribution in [0, 0.1) is 0 Å². The van der Waals surface area contributed by atoms with Crippen molar-refractivity contribution in [3.63, 3.8) is 0 Å². The zero-order valence-corrected chi connectivity index (χ0v) is 8.10. The molecule has 0 aliphatic carbocycles. The van der Waals surface area contributed by atoms with Crippen molar-refractivity contribution in [2.24, 2.45) is 0 Å². The average Bonchev–Trinajstić information content (AvgIpc) is 2.31. The van der Waals surface area contributed by atoms with Crippen molar-refractivity contribution in [2.75, 3.05) is 18.1 Å². The maximum absolute atomic E-state index is 11.0. The molecule has 1 fully saturated rings. The van der Waals surface area contributed by atoms with Crippen LogP contribution in [0.3, 0.4) is 0 Å². The molecule has 0 aromatic rings. The Bertz CT molecular complexity index is 256. The molecule has 1 atom stereocenters. The quantitative estimate of drug-likeness (QED) is 0.651. The van der Waals surface area contributed by atoms with Gasteiger partial charge in [-0.05, 0) is 13.3 Å². The van der Waals surface area contributed by atoms with Gasteiger partial charge in [0.1, 0.15) is 0 Å². The van der Waals surface area contributed by atoms with Gasteiger partial charge in [0, 0.05) is 12.6 Å². The maximum atomic E-state index is 11.0. The molecule has 1 aliphatic heterocycles. The van der Waals surface area contributed by atoms with Crippen molar-refractivity contribution >= 4 is 9.84 Å². The van der Waals surface area contributed by atoms with Crippen molar-refractivity contribution in [3.8, 4) is 0 Å². The lowest BCUT2D eigenvalue weighted by atomic mass is 10.2. The van der Waals surface area contributed by atoms with Gasteiger partial charge in [-0.3, -0.25) is 0 Å². The molecular weight excluding hydrogens is 174 g/mol. The number of rotatable bonds is 3. The van der Waals surface area contributed by atoms with E-state index in [4.69, 9.17) is 0 Å². The van der Waals surface area contributed by atoms with Crippen LogP contribution in [0.4, 0.5) is 0 Å². The van der Waals surface area contributed by atoms with Gasteiger partial charge in [-0.15, -0.1) is 0 Å². The van der Waals surface area contributed by atoms with Crippen molar-refractivity contribution in [2.45, 2.75) is 19.4 Å². The van der Waals surface area contributed by atoms with Crippen LogP contribution in [0.5, 0.6) is 0 Å². The van der Waals surface area contributed by atoms with Gasteiger partial charge in [0.15, 0.2) is 9.84 Å². The molecule has 0 aromatic carbocycles. The highest BCUT2D eigenvalue weighted by Crippen LogP contribution is 2.10. The number of hydrogen-bond donors (Lipinski definition) is 1. The van der Waals surface area contributed by atoms with Crippen LogP contribution in [-0.2, 0) is 9.84 Å². The molecule has 0 radical (unpaired) electrons. The van der Waals surface area contributed by atoms with Crippen molar-refractivity contribution < 1.29 is 8.42 Å². The third-order valence-electron chi connectivity index (χ3n) is 1.99. The first kappa shape index (κ1) is 9.74. The van der Waals surface area contributed by atoms with Crippen molar-refractivity contribution in [1.82, 2.24) is 5.32 Å². The molecule has 3 nitrogen and oxygen atoms in total.